The number of rotatable bonds is 1. The molecule has 1 aromatic rings. The SMILES string of the molecule is CC.CN1CCCn2nc(C(=O)N3CC(F)(F)C(F)(F)C3)c(Cl)c2C1. The number of aromatic nitrogens is 2. The van der Waals surface area contributed by atoms with Crippen LogP contribution in [0, 0.1) is 0 Å². The summed E-state index contributed by atoms with van der Waals surface area (Å²) >= 11 is 6.16. The lowest BCUT2D eigenvalue weighted by molar-refractivity contribution is -0.172. The molecular weight excluding hydrogens is 364 g/mol. The Hall–Kier alpha value is -1.35. The molecule has 0 aliphatic carbocycles. The zero-order chi connectivity index (χ0) is 19.0. The van der Waals surface area contributed by atoms with Crippen LogP contribution < -0.4 is 0 Å². The lowest BCUT2D eigenvalue weighted by atomic mass is 10.2. The zero-order valence-electron chi connectivity index (χ0n) is 14.3. The summed E-state index contributed by atoms with van der Waals surface area (Å²) in [6.45, 7) is 3.13. The first-order valence-corrected chi connectivity index (χ1v) is 8.49. The molecule has 0 bridgehead atoms. The zero-order valence-corrected chi connectivity index (χ0v) is 15.1. The van der Waals surface area contributed by atoms with Gasteiger partial charge in [-0.05, 0) is 13.5 Å². The Bertz CT molecular complexity index is 634. The third-order valence-corrected chi connectivity index (χ3v) is 4.52. The molecule has 0 radical (unpaired) electrons. The fraction of sp³-hybridized carbons (Fsp3) is 0.733. The van der Waals surface area contributed by atoms with Crippen molar-refractivity contribution in [3.63, 3.8) is 0 Å². The first-order chi connectivity index (χ1) is 11.6. The minimum Gasteiger partial charge on any atom is -0.325 e. The topological polar surface area (TPSA) is 41.4 Å². The Kier molecular flexibility index (Phi) is 5.68. The van der Waals surface area contributed by atoms with Gasteiger partial charge in [0.15, 0.2) is 5.69 Å². The summed E-state index contributed by atoms with van der Waals surface area (Å²) < 4.78 is 54.6. The highest BCUT2D eigenvalue weighted by molar-refractivity contribution is 6.34. The van der Waals surface area contributed by atoms with Crippen LogP contribution in [-0.4, -0.2) is 64.0 Å². The number of aryl methyl sites for hydroxylation is 1. The summed E-state index contributed by atoms with van der Waals surface area (Å²) in [4.78, 5) is 14.7. The quantitative estimate of drug-likeness (QED) is 0.699. The molecule has 0 unspecified atom stereocenters. The van der Waals surface area contributed by atoms with Crippen molar-refractivity contribution in [2.24, 2.45) is 0 Å². The molecule has 0 atom stereocenters. The molecule has 1 aromatic heterocycles. The second-order valence-corrected chi connectivity index (χ2v) is 6.37. The van der Waals surface area contributed by atoms with Gasteiger partial charge in [-0.2, -0.15) is 22.7 Å². The maximum absolute atomic E-state index is 13.3. The molecule has 5 nitrogen and oxygen atoms in total. The molecule has 2 aliphatic heterocycles. The summed E-state index contributed by atoms with van der Waals surface area (Å²) in [6.07, 6.45) is 0.787. The van der Waals surface area contributed by atoms with E-state index < -0.39 is 30.8 Å². The highest BCUT2D eigenvalue weighted by atomic mass is 35.5. The number of halogens is 5. The molecular formula is C15H21ClF4N4O. The fourth-order valence-corrected chi connectivity index (χ4v) is 3.11. The average molecular weight is 385 g/mol. The Labute approximate surface area is 148 Å². The van der Waals surface area contributed by atoms with Crippen molar-refractivity contribution in [3.8, 4) is 0 Å². The molecule has 0 saturated carbocycles. The second-order valence-electron chi connectivity index (χ2n) is 5.99. The van der Waals surface area contributed by atoms with Crippen LogP contribution >= 0.6 is 11.6 Å². The molecule has 3 heterocycles. The summed E-state index contributed by atoms with van der Waals surface area (Å²) in [5, 5.41) is 4.11. The molecule has 0 aromatic carbocycles. The van der Waals surface area contributed by atoms with Crippen molar-refractivity contribution in [1.29, 1.82) is 0 Å². The monoisotopic (exact) mass is 384 g/mol. The first-order valence-electron chi connectivity index (χ1n) is 8.11. The summed E-state index contributed by atoms with van der Waals surface area (Å²) in [6, 6.07) is 0. The number of hydrogen-bond donors (Lipinski definition) is 0. The van der Waals surface area contributed by atoms with Crippen LogP contribution in [0.2, 0.25) is 5.02 Å². The van der Waals surface area contributed by atoms with Crippen LogP contribution in [0.15, 0.2) is 0 Å². The molecule has 1 saturated heterocycles. The van der Waals surface area contributed by atoms with Crippen LogP contribution in [0.25, 0.3) is 0 Å². The highest BCUT2D eigenvalue weighted by Gasteiger charge is 2.64. The molecule has 0 spiro atoms. The standard InChI is InChI=1S/C13H15ClF4N4O.C2H6/c1-20-3-2-4-22-8(5-20)9(14)10(19-22)11(23)21-6-12(15,16)13(17,18)7-21;1-2/h2-7H2,1H3;1-2H3. The Morgan fingerprint density at radius 1 is 1.12 bits per heavy atom. The van der Waals surface area contributed by atoms with Gasteiger partial charge in [-0.25, -0.2) is 0 Å². The van der Waals surface area contributed by atoms with Crippen molar-refractivity contribution in [1.82, 2.24) is 19.6 Å². The van der Waals surface area contributed by atoms with E-state index in [0.717, 1.165) is 13.0 Å². The van der Waals surface area contributed by atoms with E-state index in [2.05, 4.69) is 5.10 Å². The van der Waals surface area contributed by atoms with Crippen molar-refractivity contribution in [2.75, 3.05) is 26.7 Å². The smallest absolute Gasteiger partial charge is 0.325 e. The van der Waals surface area contributed by atoms with E-state index in [-0.39, 0.29) is 10.7 Å². The Balaban J connectivity index is 0.00000109. The van der Waals surface area contributed by atoms with Crippen molar-refractivity contribution in [3.05, 3.63) is 16.4 Å². The van der Waals surface area contributed by atoms with Crippen LogP contribution in [0.3, 0.4) is 0 Å². The number of carbonyl (C=O) groups is 1. The predicted molar refractivity (Wildman–Crippen MR) is 85.3 cm³/mol. The van der Waals surface area contributed by atoms with Crippen molar-refractivity contribution >= 4 is 17.5 Å². The van der Waals surface area contributed by atoms with Crippen LogP contribution in [0.5, 0.6) is 0 Å². The second kappa shape index (κ2) is 7.11. The van der Waals surface area contributed by atoms with E-state index in [1.54, 1.807) is 4.68 Å². The number of likely N-dealkylation sites (tertiary alicyclic amines) is 1. The van der Waals surface area contributed by atoms with Gasteiger partial charge >= 0.3 is 11.8 Å². The van der Waals surface area contributed by atoms with E-state index in [4.69, 9.17) is 11.6 Å². The van der Waals surface area contributed by atoms with E-state index in [9.17, 15) is 22.4 Å². The third kappa shape index (κ3) is 3.62. The van der Waals surface area contributed by atoms with Crippen LogP contribution in [-0.2, 0) is 13.1 Å². The Morgan fingerprint density at radius 2 is 1.68 bits per heavy atom. The van der Waals surface area contributed by atoms with Gasteiger partial charge in [-0.3, -0.25) is 9.48 Å². The van der Waals surface area contributed by atoms with Gasteiger partial charge in [-0.15, -0.1) is 0 Å². The normalized spacial score (nSPS) is 22.0. The van der Waals surface area contributed by atoms with E-state index in [0.29, 0.717) is 23.7 Å². The molecule has 25 heavy (non-hydrogen) atoms. The van der Waals surface area contributed by atoms with Crippen LogP contribution in [0.1, 0.15) is 36.5 Å². The van der Waals surface area contributed by atoms with Gasteiger partial charge < -0.3 is 9.80 Å². The number of amides is 1. The molecule has 1 amide bonds. The first kappa shape index (κ1) is 20.0. The maximum Gasteiger partial charge on any atom is 0.329 e. The summed E-state index contributed by atoms with van der Waals surface area (Å²) in [5.74, 6) is -9.48. The summed E-state index contributed by atoms with van der Waals surface area (Å²) in [7, 11) is 1.88. The number of hydrogen-bond acceptors (Lipinski definition) is 3. The highest BCUT2D eigenvalue weighted by Crippen LogP contribution is 2.41. The van der Waals surface area contributed by atoms with Gasteiger partial charge in [0.05, 0.1) is 23.8 Å². The lowest BCUT2D eigenvalue weighted by Gasteiger charge is -2.14. The van der Waals surface area contributed by atoms with E-state index in [1.807, 2.05) is 25.8 Å². The van der Waals surface area contributed by atoms with Crippen LogP contribution in [0.4, 0.5) is 17.6 Å². The van der Waals surface area contributed by atoms with Crippen molar-refractivity contribution < 1.29 is 22.4 Å². The number of nitrogens with zero attached hydrogens (tertiary/aromatic N) is 4. The number of fused-ring (bicyclic) bond motifs is 1. The largest absolute Gasteiger partial charge is 0.329 e. The molecule has 3 rings (SSSR count). The fourth-order valence-electron chi connectivity index (χ4n) is 2.83. The maximum atomic E-state index is 13.3. The number of alkyl halides is 4. The molecule has 10 heteroatoms. The molecule has 142 valence electrons. The minimum absolute atomic E-state index is 0.0438. The average Bonchev–Trinajstić information content (AvgIpc) is 2.86. The molecule has 0 N–H and O–H groups in total. The van der Waals surface area contributed by atoms with Gasteiger partial charge in [0.25, 0.3) is 5.91 Å². The Morgan fingerprint density at radius 3 is 2.24 bits per heavy atom. The number of carbonyl (C=O) groups excluding carboxylic acids is 1. The predicted octanol–water partition coefficient (Wildman–Crippen LogP) is 3.12. The van der Waals surface area contributed by atoms with E-state index in [1.165, 1.54) is 0 Å². The third-order valence-electron chi connectivity index (χ3n) is 4.13. The van der Waals surface area contributed by atoms with Crippen molar-refractivity contribution in [2.45, 2.75) is 45.2 Å². The summed E-state index contributed by atoms with van der Waals surface area (Å²) in [5.41, 5.74) is 0.346. The van der Waals surface area contributed by atoms with Gasteiger partial charge in [0.1, 0.15) is 0 Å². The van der Waals surface area contributed by atoms with Gasteiger partial charge in [-0.1, -0.05) is 25.4 Å². The van der Waals surface area contributed by atoms with Gasteiger partial charge in [0, 0.05) is 19.6 Å². The molecule has 1 fully saturated rings. The minimum atomic E-state index is -4.24. The molecule has 2 aliphatic rings. The van der Waals surface area contributed by atoms with E-state index >= 15 is 0 Å². The lowest BCUT2D eigenvalue weighted by Crippen LogP contribution is -2.38. The van der Waals surface area contributed by atoms with Gasteiger partial charge in [0.2, 0.25) is 0 Å².